The lowest BCUT2D eigenvalue weighted by Gasteiger charge is -1.97. The fourth-order valence-corrected chi connectivity index (χ4v) is 1.11. The summed E-state index contributed by atoms with van der Waals surface area (Å²) < 4.78 is 12.7. The van der Waals surface area contributed by atoms with Gasteiger partial charge in [-0.05, 0) is 23.7 Å². The van der Waals surface area contributed by atoms with Gasteiger partial charge in [0, 0.05) is 15.3 Å². The molecule has 51 valence electrons. The van der Waals surface area contributed by atoms with Crippen molar-refractivity contribution in [3.8, 4) is 0 Å². The smallest absolute Gasteiger partial charge is 0.127 e. The molecule has 10 heavy (non-hydrogen) atoms. The summed E-state index contributed by atoms with van der Waals surface area (Å²) in [6, 6.07) is 5.14. The highest BCUT2D eigenvalue weighted by molar-refractivity contribution is 6.30. The third-order valence-corrected chi connectivity index (χ3v) is 1.82. The zero-order valence-corrected chi connectivity index (χ0v) is 6.95. The Balaban J connectivity index is 3.07. The Morgan fingerprint density at radius 2 is 2.20 bits per heavy atom. The van der Waals surface area contributed by atoms with Crippen LogP contribution in [0.4, 0.5) is 4.39 Å². The zero-order valence-electron chi connectivity index (χ0n) is 5.20. The maximum Gasteiger partial charge on any atom is 0.127 e. The first-order valence-electron chi connectivity index (χ1n) is 2.82. The van der Waals surface area contributed by atoms with Crippen molar-refractivity contribution in [3.05, 3.63) is 34.6 Å². The van der Waals surface area contributed by atoms with E-state index in [1.54, 1.807) is 12.1 Å². The molecule has 0 saturated heterocycles. The standard InChI is InChI=1S/C7H5ClFSi/c8-6-2-1-5(4-10)7(9)3-6/h1-3H,4H2. The highest BCUT2D eigenvalue weighted by atomic mass is 35.5. The molecule has 0 aliphatic carbocycles. The first kappa shape index (κ1) is 7.76. The van der Waals surface area contributed by atoms with Gasteiger partial charge in [0.15, 0.2) is 0 Å². The highest BCUT2D eigenvalue weighted by Crippen LogP contribution is 2.13. The fraction of sp³-hybridized carbons (Fsp3) is 0.143. The Kier molecular flexibility index (Phi) is 2.46. The second kappa shape index (κ2) is 3.17. The van der Waals surface area contributed by atoms with Crippen molar-refractivity contribution >= 4 is 21.8 Å². The minimum absolute atomic E-state index is 0.262. The van der Waals surface area contributed by atoms with Crippen LogP contribution in [-0.4, -0.2) is 10.2 Å². The van der Waals surface area contributed by atoms with E-state index in [0.29, 0.717) is 16.6 Å². The molecule has 1 aromatic rings. The lowest BCUT2D eigenvalue weighted by molar-refractivity contribution is 0.617. The molecule has 0 amide bonds. The topological polar surface area (TPSA) is 0 Å². The van der Waals surface area contributed by atoms with Gasteiger partial charge < -0.3 is 0 Å². The van der Waals surface area contributed by atoms with Crippen LogP contribution in [0.25, 0.3) is 0 Å². The van der Waals surface area contributed by atoms with Crippen LogP contribution in [-0.2, 0) is 6.04 Å². The molecule has 3 heteroatoms. The van der Waals surface area contributed by atoms with Gasteiger partial charge in [0.25, 0.3) is 0 Å². The van der Waals surface area contributed by atoms with Crippen LogP contribution in [0.5, 0.6) is 0 Å². The molecular weight excluding hydrogens is 167 g/mol. The summed E-state index contributed by atoms with van der Waals surface area (Å²) in [7, 11) is 3.20. The summed E-state index contributed by atoms with van der Waals surface area (Å²) in [5.74, 6) is -0.262. The third-order valence-electron chi connectivity index (χ3n) is 1.21. The van der Waals surface area contributed by atoms with Crippen molar-refractivity contribution in [1.29, 1.82) is 0 Å². The normalized spacial score (nSPS) is 9.90. The Morgan fingerprint density at radius 1 is 1.50 bits per heavy atom. The Labute approximate surface area is 67.4 Å². The second-order valence-electron chi connectivity index (χ2n) is 1.91. The summed E-state index contributed by atoms with van der Waals surface area (Å²) in [6.07, 6.45) is 0. The lowest BCUT2D eigenvalue weighted by atomic mass is 10.2. The summed E-state index contributed by atoms with van der Waals surface area (Å²) >= 11 is 5.52. The van der Waals surface area contributed by atoms with E-state index in [4.69, 9.17) is 11.6 Å². The van der Waals surface area contributed by atoms with Crippen LogP contribution in [0.1, 0.15) is 5.56 Å². The van der Waals surface area contributed by atoms with E-state index in [-0.39, 0.29) is 5.82 Å². The number of rotatable bonds is 1. The molecule has 3 radical (unpaired) electrons. The lowest BCUT2D eigenvalue weighted by Crippen LogP contribution is -1.88. The van der Waals surface area contributed by atoms with Crippen molar-refractivity contribution in [2.45, 2.75) is 6.04 Å². The number of benzene rings is 1. The monoisotopic (exact) mass is 171 g/mol. The summed E-state index contributed by atoms with van der Waals surface area (Å²) in [4.78, 5) is 0. The summed E-state index contributed by atoms with van der Waals surface area (Å²) in [6.45, 7) is 0. The number of hydrogen-bond donors (Lipinski definition) is 0. The molecule has 0 aliphatic rings. The quantitative estimate of drug-likeness (QED) is 0.568. The summed E-state index contributed by atoms with van der Waals surface area (Å²) in [5.41, 5.74) is 0.626. The Hall–Kier alpha value is -0.343. The molecule has 0 spiro atoms. The van der Waals surface area contributed by atoms with Crippen molar-refractivity contribution in [3.63, 3.8) is 0 Å². The molecule has 1 aromatic carbocycles. The van der Waals surface area contributed by atoms with Gasteiger partial charge in [0.05, 0.1) is 0 Å². The van der Waals surface area contributed by atoms with E-state index >= 15 is 0 Å². The maximum absolute atomic E-state index is 12.7. The van der Waals surface area contributed by atoms with Gasteiger partial charge in [-0.2, -0.15) is 0 Å². The predicted molar refractivity (Wildman–Crippen MR) is 40.9 cm³/mol. The molecule has 0 unspecified atom stereocenters. The predicted octanol–water partition coefficient (Wildman–Crippen LogP) is 2.15. The van der Waals surface area contributed by atoms with Gasteiger partial charge in [-0.25, -0.2) is 4.39 Å². The zero-order chi connectivity index (χ0) is 7.56. The first-order valence-corrected chi connectivity index (χ1v) is 3.91. The number of hydrogen-bond acceptors (Lipinski definition) is 0. The Bertz CT molecular complexity index is 237. The molecule has 0 heterocycles. The Morgan fingerprint density at radius 3 is 2.70 bits per heavy atom. The largest absolute Gasteiger partial charge is 0.207 e. The van der Waals surface area contributed by atoms with Gasteiger partial charge in [0.1, 0.15) is 5.82 Å². The minimum Gasteiger partial charge on any atom is -0.207 e. The molecule has 0 bridgehead atoms. The van der Waals surface area contributed by atoms with Crippen LogP contribution in [0.2, 0.25) is 5.02 Å². The second-order valence-corrected chi connectivity index (χ2v) is 2.70. The van der Waals surface area contributed by atoms with Crippen LogP contribution in [0, 0.1) is 5.82 Å². The van der Waals surface area contributed by atoms with Crippen molar-refractivity contribution in [2.75, 3.05) is 0 Å². The van der Waals surface area contributed by atoms with Gasteiger partial charge in [0.2, 0.25) is 0 Å². The highest BCUT2D eigenvalue weighted by Gasteiger charge is 1.98. The van der Waals surface area contributed by atoms with Crippen molar-refractivity contribution < 1.29 is 4.39 Å². The molecular formula is C7H5ClFSi. The fourth-order valence-electron chi connectivity index (χ4n) is 0.665. The van der Waals surface area contributed by atoms with Gasteiger partial charge in [-0.1, -0.05) is 17.7 Å². The van der Waals surface area contributed by atoms with Crippen LogP contribution in [0.3, 0.4) is 0 Å². The third kappa shape index (κ3) is 1.58. The molecule has 0 aromatic heterocycles. The van der Waals surface area contributed by atoms with E-state index in [2.05, 4.69) is 10.2 Å². The van der Waals surface area contributed by atoms with Gasteiger partial charge >= 0.3 is 0 Å². The molecule has 1 rings (SSSR count). The number of halogens is 2. The van der Waals surface area contributed by atoms with E-state index in [1.807, 2.05) is 0 Å². The van der Waals surface area contributed by atoms with Gasteiger partial charge in [-0.3, -0.25) is 0 Å². The van der Waals surface area contributed by atoms with Crippen molar-refractivity contribution in [2.24, 2.45) is 0 Å². The first-order chi connectivity index (χ1) is 4.74. The molecule has 0 N–H and O–H groups in total. The van der Waals surface area contributed by atoms with E-state index in [1.165, 1.54) is 6.07 Å². The molecule has 0 saturated carbocycles. The molecule has 0 aliphatic heterocycles. The van der Waals surface area contributed by atoms with E-state index in [9.17, 15) is 4.39 Å². The van der Waals surface area contributed by atoms with Gasteiger partial charge in [-0.15, -0.1) is 0 Å². The minimum atomic E-state index is -0.262. The van der Waals surface area contributed by atoms with Crippen molar-refractivity contribution in [1.82, 2.24) is 0 Å². The average molecular weight is 172 g/mol. The van der Waals surface area contributed by atoms with Crippen LogP contribution < -0.4 is 0 Å². The maximum atomic E-state index is 12.7. The van der Waals surface area contributed by atoms with Crippen LogP contribution in [0.15, 0.2) is 18.2 Å². The van der Waals surface area contributed by atoms with E-state index in [0.717, 1.165) is 0 Å². The average Bonchev–Trinajstić information content (AvgIpc) is 1.88. The molecule has 0 atom stereocenters. The van der Waals surface area contributed by atoms with E-state index < -0.39 is 0 Å². The molecule has 0 nitrogen and oxygen atoms in total. The van der Waals surface area contributed by atoms with Crippen LogP contribution >= 0.6 is 11.6 Å². The SMILES string of the molecule is Fc1cc(Cl)ccc1C[Si]. The summed E-state index contributed by atoms with van der Waals surface area (Å²) in [5, 5.41) is 0.432. The molecule has 0 fully saturated rings.